The van der Waals surface area contributed by atoms with Gasteiger partial charge < -0.3 is 10.7 Å². The lowest BCUT2D eigenvalue weighted by molar-refractivity contribution is 0.555. The summed E-state index contributed by atoms with van der Waals surface area (Å²) < 4.78 is 0. The summed E-state index contributed by atoms with van der Waals surface area (Å²) in [5.74, 6) is 1.13. The molecule has 0 bridgehead atoms. The Bertz CT molecular complexity index is 303. The molecule has 78 valence electrons. The van der Waals surface area contributed by atoms with Crippen LogP contribution in [0.4, 0.5) is 0 Å². The molecular formula is C11H19N3. The highest BCUT2D eigenvalue weighted by Gasteiger charge is 2.20. The maximum absolute atomic E-state index is 6.01. The van der Waals surface area contributed by atoms with Gasteiger partial charge in [-0.15, -0.1) is 0 Å². The van der Waals surface area contributed by atoms with E-state index in [-0.39, 0.29) is 6.04 Å². The van der Waals surface area contributed by atoms with E-state index in [1.54, 1.807) is 0 Å². The van der Waals surface area contributed by atoms with Gasteiger partial charge in [0.25, 0.3) is 0 Å². The molecule has 1 unspecified atom stereocenters. The van der Waals surface area contributed by atoms with Gasteiger partial charge in [-0.25, -0.2) is 4.98 Å². The van der Waals surface area contributed by atoms with Gasteiger partial charge in [0.05, 0.1) is 5.69 Å². The zero-order valence-corrected chi connectivity index (χ0v) is 8.84. The second-order valence-electron chi connectivity index (χ2n) is 4.15. The van der Waals surface area contributed by atoms with Gasteiger partial charge in [-0.05, 0) is 25.7 Å². The van der Waals surface area contributed by atoms with Crippen molar-refractivity contribution in [3.63, 3.8) is 0 Å². The van der Waals surface area contributed by atoms with Crippen LogP contribution in [-0.2, 0) is 12.8 Å². The predicted octanol–water partition coefficient (Wildman–Crippen LogP) is 2.09. The summed E-state index contributed by atoms with van der Waals surface area (Å²) in [4.78, 5) is 8.00. The number of nitrogens with two attached hydrogens (primary N) is 1. The van der Waals surface area contributed by atoms with Gasteiger partial charge in [0.1, 0.15) is 5.82 Å². The van der Waals surface area contributed by atoms with E-state index in [0.29, 0.717) is 0 Å². The molecule has 0 spiro atoms. The van der Waals surface area contributed by atoms with Crippen LogP contribution in [-0.4, -0.2) is 9.97 Å². The zero-order valence-electron chi connectivity index (χ0n) is 8.84. The Morgan fingerprint density at radius 1 is 1.57 bits per heavy atom. The van der Waals surface area contributed by atoms with Crippen LogP contribution in [0, 0.1) is 0 Å². The molecule has 3 nitrogen and oxygen atoms in total. The van der Waals surface area contributed by atoms with Gasteiger partial charge in [-0.3, -0.25) is 0 Å². The fourth-order valence-electron chi connectivity index (χ4n) is 2.07. The maximum Gasteiger partial charge on any atom is 0.106 e. The fraction of sp³-hybridized carbons (Fsp3) is 0.727. The maximum atomic E-state index is 6.01. The molecular weight excluding hydrogens is 174 g/mol. The Labute approximate surface area is 85.1 Å². The van der Waals surface area contributed by atoms with E-state index in [2.05, 4.69) is 16.9 Å². The van der Waals surface area contributed by atoms with Crippen molar-refractivity contribution >= 4 is 0 Å². The zero-order chi connectivity index (χ0) is 9.97. The molecule has 3 heteroatoms. The summed E-state index contributed by atoms with van der Waals surface area (Å²) in [5.41, 5.74) is 8.42. The third-order valence-corrected chi connectivity index (χ3v) is 2.92. The average Bonchev–Trinajstić information content (AvgIpc) is 2.59. The second kappa shape index (κ2) is 4.13. The monoisotopic (exact) mass is 193 g/mol. The molecule has 0 radical (unpaired) electrons. The molecule has 1 aromatic heterocycles. The number of fused-ring (bicyclic) bond motifs is 1. The highest BCUT2D eigenvalue weighted by atomic mass is 15.0. The van der Waals surface area contributed by atoms with E-state index < -0.39 is 0 Å². The quantitative estimate of drug-likeness (QED) is 0.772. The Balaban J connectivity index is 2.13. The summed E-state index contributed by atoms with van der Waals surface area (Å²) in [6.45, 7) is 2.20. The SMILES string of the molecule is CCCCc1nc2c([nH]1)CCCC2N. The van der Waals surface area contributed by atoms with E-state index >= 15 is 0 Å². The third-order valence-electron chi connectivity index (χ3n) is 2.92. The van der Waals surface area contributed by atoms with Crippen LogP contribution in [0.1, 0.15) is 55.9 Å². The van der Waals surface area contributed by atoms with Crippen LogP contribution in [0.3, 0.4) is 0 Å². The number of aromatic nitrogens is 2. The number of rotatable bonds is 3. The first kappa shape index (κ1) is 9.71. The topological polar surface area (TPSA) is 54.7 Å². The van der Waals surface area contributed by atoms with Gasteiger partial charge >= 0.3 is 0 Å². The van der Waals surface area contributed by atoms with Gasteiger partial charge in [0.2, 0.25) is 0 Å². The van der Waals surface area contributed by atoms with E-state index in [4.69, 9.17) is 5.73 Å². The predicted molar refractivity (Wildman–Crippen MR) is 57.1 cm³/mol. The summed E-state index contributed by atoms with van der Waals surface area (Å²) in [5, 5.41) is 0. The normalized spacial score (nSPS) is 20.9. The molecule has 3 N–H and O–H groups in total. The van der Waals surface area contributed by atoms with Gasteiger partial charge in [0.15, 0.2) is 0 Å². The number of aryl methyl sites for hydroxylation is 2. The molecule has 14 heavy (non-hydrogen) atoms. The highest BCUT2D eigenvalue weighted by molar-refractivity contribution is 5.21. The molecule has 0 aliphatic heterocycles. The molecule has 0 saturated heterocycles. The molecule has 1 aliphatic rings. The van der Waals surface area contributed by atoms with Gasteiger partial charge in [-0.1, -0.05) is 13.3 Å². The largest absolute Gasteiger partial charge is 0.346 e. The van der Waals surface area contributed by atoms with Crippen molar-refractivity contribution in [3.8, 4) is 0 Å². The minimum absolute atomic E-state index is 0.172. The van der Waals surface area contributed by atoms with Crippen molar-refractivity contribution in [1.29, 1.82) is 0 Å². The Morgan fingerprint density at radius 3 is 3.14 bits per heavy atom. The Hall–Kier alpha value is -0.830. The number of H-pyrrole nitrogens is 1. The standard InChI is InChI=1S/C11H19N3/c1-2-3-7-10-13-9-6-4-5-8(12)11(9)14-10/h8H,2-7,12H2,1H3,(H,13,14). The first-order valence-corrected chi connectivity index (χ1v) is 5.64. The second-order valence-corrected chi connectivity index (χ2v) is 4.15. The van der Waals surface area contributed by atoms with E-state index in [9.17, 15) is 0 Å². The van der Waals surface area contributed by atoms with Crippen LogP contribution in [0.25, 0.3) is 0 Å². The smallest absolute Gasteiger partial charge is 0.106 e. The highest BCUT2D eigenvalue weighted by Crippen LogP contribution is 2.25. The summed E-state index contributed by atoms with van der Waals surface area (Å²) in [7, 11) is 0. The van der Waals surface area contributed by atoms with Crippen molar-refractivity contribution in [1.82, 2.24) is 9.97 Å². The first-order chi connectivity index (χ1) is 6.81. The molecule has 1 atom stereocenters. The Morgan fingerprint density at radius 2 is 2.43 bits per heavy atom. The number of hydrogen-bond acceptors (Lipinski definition) is 2. The number of unbranched alkanes of at least 4 members (excludes halogenated alkanes) is 1. The summed E-state index contributed by atoms with van der Waals surface area (Å²) >= 11 is 0. The number of nitrogens with zero attached hydrogens (tertiary/aromatic N) is 1. The number of nitrogens with one attached hydrogen (secondary N) is 1. The van der Waals surface area contributed by atoms with Crippen LogP contribution in [0.15, 0.2) is 0 Å². The molecule has 0 saturated carbocycles. The van der Waals surface area contributed by atoms with Crippen LogP contribution < -0.4 is 5.73 Å². The summed E-state index contributed by atoms with van der Waals surface area (Å²) in [6.07, 6.45) is 6.91. The van der Waals surface area contributed by atoms with Crippen LogP contribution in [0.2, 0.25) is 0 Å². The molecule has 1 aliphatic carbocycles. The lowest BCUT2D eigenvalue weighted by atomic mass is 9.97. The first-order valence-electron chi connectivity index (χ1n) is 5.64. The lowest BCUT2D eigenvalue weighted by Gasteiger charge is -2.15. The van der Waals surface area contributed by atoms with Crippen molar-refractivity contribution in [2.75, 3.05) is 0 Å². The number of hydrogen-bond donors (Lipinski definition) is 2. The summed E-state index contributed by atoms with van der Waals surface area (Å²) in [6, 6.07) is 0.172. The molecule has 1 heterocycles. The minimum Gasteiger partial charge on any atom is -0.346 e. The number of imidazole rings is 1. The third kappa shape index (κ3) is 1.82. The van der Waals surface area contributed by atoms with Crippen molar-refractivity contribution in [2.24, 2.45) is 5.73 Å². The van der Waals surface area contributed by atoms with Crippen LogP contribution >= 0.6 is 0 Å². The molecule has 2 rings (SSSR count). The van der Waals surface area contributed by atoms with Crippen molar-refractivity contribution in [2.45, 2.75) is 51.5 Å². The van der Waals surface area contributed by atoms with Crippen molar-refractivity contribution in [3.05, 3.63) is 17.2 Å². The molecule has 0 amide bonds. The van der Waals surface area contributed by atoms with Gasteiger partial charge in [-0.2, -0.15) is 0 Å². The molecule has 0 aromatic carbocycles. The Kier molecular flexibility index (Phi) is 2.87. The molecule has 1 aromatic rings. The van der Waals surface area contributed by atoms with E-state index in [1.165, 1.54) is 25.0 Å². The fourth-order valence-corrected chi connectivity index (χ4v) is 2.07. The average molecular weight is 193 g/mol. The van der Waals surface area contributed by atoms with Gasteiger partial charge in [0, 0.05) is 18.2 Å². The molecule has 0 fully saturated rings. The number of aromatic amines is 1. The van der Waals surface area contributed by atoms with E-state index in [1.807, 2.05) is 0 Å². The van der Waals surface area contributed by atoms with E-state index in [0.717, 1.165) is 30.8 Å². The lowest BCUT2D eigenvalue weighted by Crippen LogP contribution is -2.17. The van der Waals surface area contributed by atoms with Crippen LogP contribution in [0.5, 0.6) is 0 Å². The minimum atomic E-state index is 0.172. The van der Waals surface area contributed by atoms with Crippen molar-refractivity contribution < 1.29 is 0 Å².